The molecule has 24 heavy (non-hydrogen) atoms. The molecule has 7 nitrogen and oxygen atoms in total. The smallest absolute Gasteiger partial charge is 0.246 e. The predicted octanol–water partition coefficient (Wildman–Crippen LogP) is 1.35. The zero-order chi connectivity index (χ0) is 16.2. The van der Waals surface area contributed by atoms with E-state index in [9.17, 15) is 4.79 Å². The van der Waals surface area contributed by atoms with Crippen LogP contribution in [0.15, 0.2) is 30.3 Å². The molecule has 0 aliphatic carbocycles. The van der Waals surface area contributed by atoms with E-state index in [2.05, 4.69) is 22.3 Å². The lowest BCUT2D eigenvalue weighted by Gasteiger charge is -2.37. The summed E-state index contributed by atoms with van der Waals surface area (Å²) in [4.78, 5) is 15.8. The molecule has 0 bridgehead atoms. The standard InChI is InChI=1S/C16H22N6O.ClH/c1-12-7-8-21(14(9-12)10-17)15(23)11-22-19-16(18-20-22)13-5-3-2-4-6-13;/h2-6,12,14H,7-11,17H2,1H3;1H. The lowest BCUT2D eigenvalue weighted by molar-refractivity contribution is -0.136. The molecule has 130 valence electrons. The largest absolute Gasteiger partial charge is 0.337 e. The van der Waals surface area contributed by atoms with Gasteiger partial charge < -0.3 is 10.6 Å². The number of likely N-dealkylation sites (tertiary alicyclic amines) is 1. The number of halogens is 1. The van der Waals surface area contributed by atoms with Crippen LogP contribution in [0.3, 0.4) is 0 Å². The number of nitrogens with zero attached hydrogens (tertiary/aromatic N) is 5. The van der Waals surface area contributed by atoms with Crippen molar-refractivity contribution in [2.45, 2.75) is 32.4 Å². The first-order valence-electron chi connectivity index (χ1n) is 8.00. The second-order valence-corrected chi connectivity index (χ2v) is 6.12. The van der Waals surface area contributed by atoms with Crippen molar-refractivity contribution >= 4 is 18.3 Å². The van der Waals surface area contributed by atoms with Crippen LogP contribution in [0.4, 0.5) is 0 Å². The maximum Gasteiger partial charge on any atom is 0.246 e. The number of amides is 1. The molecule has 1 fully saturated rings. The Morgan fingerprint density at radius 2 is 2.08 bits per heavy atom. The molecule has 0 spiro atoms. The van der Waals surface area contributed by atoms with Crippen LogP contribution in [-0.2, 0) is 11.3 Å². The number of tetrazole rings is 1. The highest BCUT2D eigenvalue weighted by atomic mass is 35.5. The molecule has 0 saturated carbocycles. The fourth-order valence-corrected chi connectivity index (χ4v) is 3.03. The van der Waals surface area contributed by atoms with Crippen LogP contribution in [0.5, 0.6) is 0 Å². The van der Waals surface area contributed by atoms with Crippen molar-refractivity contribution < 1.29 is 4.79 Å². The molecule has 1 aromatic carbocycles. The van der Waals surface area contributed by atoms with E-state index >= 15 is 0 Å². The van der Waals surface area contributed by atoms with Gasteiger partial charge in [-0.25, -0.2) is 0 Å². The van der Waals surface area contributed by atoms with Gasteiger partial charge in [-0.15, -0.1) is 22.6 Å². The van der Waals surface area contributed by atoms with Crippen LogP contribution in [0.2, 0.25) is 0 Å². The summed E-state index contributed by atoms with van der Waals surface area (Å²) in [6, 6.07) is 9.72. The van der Waals surface area contributed by atoms with Gasteiger partial charge in [0.1, 0.15) is 6.54 Å². The van der Waals surface area contributed by atoms with Crippen molar-refractivity contribution in [1.82, 2.24) is 25.1 Å². The van der Waals surface area contributed by atoms with Gasteiger partial charge in [0.25, 0.3) is 0 Å². The Morgan fingerprint density at radius 1 is 1.33 bits per heavy atom. The van der Waals surface area contributed by atoms with Crippen molar-refractivity contribution in [3.63, 3.8) is 0 Å². The Morgan fingerprint density at radius 3 is 2.79 bits per heavy atom. The highest BCUT2D eigenvalue weighted by molar-refractivity contribution is 5.85. The summed E-state index contributed by atoms with van der Waals surface area (Å²) in [6.45, 7) is 3.55. The first-order chi connectivity index (χ1) is 11.2. The van der Waals surface area contributed by atoms with Crippen LogP contribution >= 0.6 is 12.4 Å². The van der Waals surface area contributed by atoms with Crippen LogP contribution in [0.1, 0.15) is 19.8 Å². The second kappa shape index (κ2) is 8.21. The molecule has 8 heteroatoms. The Bertz CT molecular complexity index is 662. The molecule has 1 saturated heterocycles. The highest BCUT2D eigenvalue weighted by Gasteiger charge is 2.29. The number of rotatable bonds is 4. The van der Waals surface area contributed by atoms with Gasteiger partial charge in [-0.3, -0.25) is 4.79 Å². The number of carbonyl (C=O) groups excluding carboxylic acids is 1. The van der Waals surface area contributed by atoms with Crippen molar-refractivity contribution in [2.75, 3.05) is 13.1 Å². The zero-order valence-corrected chi connectivity index (χ0v) is 14.5. The number of benzene rings is 1. The van der Waals surface area contributed by atoms with Gasteiger partial charge in [0.2, 0.25) is 11.7 Å². The third-order valence-electron chi connectivity index (χ3n) is 4.33. The molecule has 1 aliphatic heterocycles. The number of piperidine rings is 1. The van der Waals surface area contributed by atoms with Gasteiger partial charge in [-0.05, 0) is 24.0 Å². The number of aromatic nitrogens is 4. The molecule has 0 radical (unpaired) electrons. The van der Waals surface area contributed by atoms with Gasteiger partial charge >= 0.3 is 0 Å². The average Bonchev–Trinajstić information content (AvgIpc) is 3.04. The van der Waals surface area contributed by atoms with Crippen molar-refractivity contribution in [3.8, 4) is 11.4 Å². The molecular weight excluding hydrogens is 328 g/mol. The molecule has 3 rings (SSSR count). The lowest BCUT2D eigenvalue weighted by Crippen LogP contribution is -2.50. The van der Waals surface area contributed by atoms with Crippen LogP contribution < -0.4 is 5.73 Å². The number of hydrogen-bond acceptors (Lipinski definition) is 5. The van der Waals surface area contributed by atoms with E-state index < -0.39 is 0 Å². The Balaban J connectivity index is 0.00000208. The summed E-state index contributed by atoms with van der Waals surface area (Å²) in [5, 5.41) is 12.3. The van der Waals surface area contributed by atoms with E-state index in [-0.39, 0.29) is 30.9 Å². The summed E-state index contributed by atoms with van der Waals surface area (Å²) in [7, 11) is 0. The van der Waals surface area contributed by atoms with Crippen molar-refractivity contribution in [1.29, 1.82) is 0 Å². The Kier molecular flexibility index (Phi) is 6.28. The minimum atomic E-state index is 0. The molecule has 2 atom stereocenters. The maximum atomic E-state index is 12.5. The highest BCUT2D eigenvalue weighted by Crippen LogP contribution is 2.22. The first kappa shape index (κ1) is 18.4. The monoisotopic (exact) mass is 350 g/mol. The number of hydrogen-bond donors (Lipinski definition) is 1. The average molecular weight is 351 g/mol. The van der Waals surface area contributed by atoms with Crippen molar-refractivity contribution in [2.24, 2.45) is 11.7 Å². The zero-order valence-electron chi connectivity index (χ0n) is 13.7. The van der Waals surface area contributed by atoms with Gasteiger partial charge in [-0.2, -0.15) is 4.80 Å². The summed E-state index contributed by atoms with van der Waals surface area (Å²) >= 11 is 0. The number of nitrogens with two attached hydrogens (primary N) is 1. The normalized spacial score (nSPS) is 20.5. The van der Waals surface area contributed by atoms with Gasteiger partial charge in [0.15, 0.2) is 0 Å². The Labute approximate surface area is 147 Å². The van der Waals surface area contributed by atoms with Gasteiger partial charge in [-0.1, -0.05) is 37.3 Å². The molecule has 2 heterocycles. The summed E-state index contributed by atoms with van der Waals surface area (Å²) in [5.41, 5.74) is 6.71. The van der Waals surface area contributed by atoms with E-state index in [1.165, 1.54) is 4.80 Å². The van der Waals surface area contributed by atoms with E-state index in [0.29, 0.717) is 18.3 Å². The second-order valence-electron chi connectivity index (χ2n) is 6.12. The van der Waals surface area contributed by atoms with E-state index in [1.54, 1.807) is 0 Å². The molecule has 1 amide bonds. The molecule has 2 N–H and O–H groups in total. The topological polar surface area (TPSA) is 89.9 Å². The van der Waals surface area contributed by atoms with E-state index in [4.69, 9.17) is 5.73 Å². The maximum absolute atomic E-state index is 12.5. The summed E-state index contributed by atoms with van der Waals surface area (Å²) < 4.78 is 0. The van der Waals surface area contributed by atoms with Crippen LogP contribution in [-0.4, -0.2) is 50.1 Å². The van der Waals surface area contributed by atoms with E-state index in [0.717, 1.165) is 24.9 Å². The predicted molar refractivity (Wildman–Crippen MR) is 93.5 cm³/mol. The Hall–Kier alpha value is -1.99. The minimum Gasteiger partial charge on any atom is -0.337 e. The van der Waals surface area contributed by atoms with E-state index in [1.807, 2.05) is 35.2 Å². The fraction of sp³-hybridized carbons (Fsp3) is 0.500. The van der Waals surface area contributed by atoms with Crippen LogP contribution in [0.25, 0.3) is 11.4 Å². The summed E-state index contributed by atoms with van der Waals surface area (Å²) in [6.07, 6.45) is 1.98. The molecule has 1 aliphatic rings. The lowest BCUT2D eigenvalue weighted by atomic mass is 9.92. The number of carbonyl (C=O) groups is 1. The summed E-state index contributed by atoms with van der Waals surface area (Å²) in [5.74, 6) is 1.15. The molecule has 2 aromatic rings. The quantitative estimate of drug-likeness (QED) is 0.898. The third-order valence-corrected chi connectivity index (χ3v) is 4.33. The minimum absolute atomic E-state index is 0. The van der Waals surface area contributed by atoms with Gasteiger partial charge in [0.05, 0.1) is 0 Å². The van der Waals surface area contributed by atoms with Crippen molar-refractivity contribution in [3.05, 3.63) is 30.3 Å². The molecular formula is C16H23ClN6O. The fourth-order valence-electron chi connectivity index (χ4n) is 3.03. The van der Waals surface area contributed by atoms with Gasteiger partial charge in [0, 0.05) is 24.7 Å². The third kappa shape index (κ3) is 4.10. The van der Waals surface area contributed by atoms with Crippen LogP contribution in [0, 0.1) is 5.92 Å². The SMILES string of the molecule is CC1CCN(C(=O)Cn2nnc(-c3ccccc3)n2)C(CN)C1.Cl. The molecule has 1 aromatic heterocycles. The first-order valence-corrected chi connectivity index (χ1v) is 8.00. The molecule has 2 unspecified atom stereocenters.